The summed E-state index contributed by atoms with van der Waals surface area (Å²) in [7, 11) is 0. The summed E-state index contributed by atoms with van der Waals surface area (Å²) in [5.41, 5.74) is 3.18. The van der Waals surface area contributed by atoms with Crippen LogP contribution in [0.3, 0.4) is 0 Å². The number of nitrogens with one attached hydrogen (secondary N) is 1. The van der Waals surface area contributed by atoms with Gasteiger partial charge in [-0.15, -0.1) is 11.3 Å². The first-order valence-corrected chi connectivity index (χ1v) is 6.77. The van der Waals surface area contributed by atoms with Crippen LogP contribution >= 0.6 is 11.3 Å². The van der Waals surface area contributed by atoms with E-state index in [9.17, 15) is 10.1 Å². The van der Waals surface area contributed by atoms with Crippen LogP contribution in [0.1, 0.15) is 23.2 Å². The second-order valence-corrected chi connectivity index (χ2v) is 5.01. The van der Waals surface area contributed by atoms with Crippen LogP contribution in [0, 0.1) is 24.0 Å². The molecule has 2 heterocycles. The van der Waals surface area contributed by atoms with Gasteiger partial charge in [0.15, 0.2) is 0 Å². The van der Waals surface area contributed by atoms with Crippen LogP contribution in [0.4, 0.5) is 11.5 Å². The molecule has 0 aliphatic carbocycles. The minimum Gasteiger partial charge on any atom is -0.360 e. The Kier molecular flexibility index (Phi) is 3.79. The van der Waals surface area contributed by atoms with Gasteiger partial charge in [0.25, 0.3) is 0 Å². The first-order chi connectivity index (χ1) is 9.04. The van der Waals surface area contributed by atoms with Gasteiger partial charge in [-0.2, -0.15) is 5.10 Å². The molecule has 2 aromatic heterocycles. The van der Waals surface area contributed by atoms with E-state index in [4.69, 9.17) is 0 Å². The Morgan fingerprint density at radius 2 is 2.21 bits per heavy atom. The highest BCUT2D eigenvalue weighted by Gasteiger charge is 2.24. The van der Waals surface area contributed by atoms with Crippen molar-refractivity contribution in [3.63, 3.8) is 0 Å². The summed E-state index contributed by atoms with van der Waals surface area (Å²) in [4.78, 5) is 15.9. The Labute approximate surface area is 114 Å². The number of nitrogens with zero attached hydrogens (tertiary/aromatic N) is 4. The summed E-state index contributed by atoms with van der Waals surface area (Å²) in [6, 6.07) is 0. The van der Waals surface area contributed by atoms with Crippen LogP contribution in [-0.2, 0) is 13.1 Å². The van der Waals surface area contributed by atoms with Crippen LogP contribution in [0.25, 0.3) is 0 Å². The molecular formula is C11H15N5O2S. The largest absolute Gasteiger partial charge is 0.360 e. The number of hydrogen-bond donors (Lipinski definition) is 1. The van der Waals surface area contributed by atoms with Gasteiger partial charge in [-0.1, -0.05) is 0 Å². The van der Waals surface area contributed by atoms with Crippen molar-refractivity contribution in [3.8, 4) is 0 Å². The molecule has 0 aliphatic heterocycles. The lowest BCUT2D eigenvalue weighted by Crippen LogP contribution is -2.08. The molecule has 7 nitrogen and oxygen atoms in total. The zero-order valence-electron chi connectivity index (χ0n) is 11.0. The first-order valence-electron chi connectivity index (χ1n) is 5.89. The van der Waals surface area contributed by atoms with Gasteiger partial charge >= 0.3 is 5.69 Å². The second-order valence-electron chi connectivity index (χ2n) is 4.07. The zero-order valence-corrected chi connectivity index (χ0v) is 11.8. The van der Waals surface area contributed by atoms with E-state index in [1.807, 2.05) is 13.8 Å². The molecule has 1 N–H and O–H groups in total. The summed E-state index contributed by atoms with van der Waals surface area (Å²) < 4.78 is 1.61. The van der Waals surface area contributed by atoms with E-state index in [1.165, 1.54) is 11.3 Å². The molecule has 0 atom stereocenters. The van der Waals surface area contributed by atoms with Gasteiger partial charge in [-0.05, 0) is 20.8 Å². The molecule has 0 radical (unpaired) electrons. The third-order valence-corrected chi connectivity index (χ3v) is 3.77. The molecule has 0 aliphatic rings. The smallest absolute Gasteiger partial charge is 0.333 e. The maximum Gasteiger partial charge on any atom is 0.333 e. The fraction of sp³-hybridized carbons (Fsp3) is 0.455. The number of nitro groups is 1. The zero-order chi connectivity index (χ0) is 14.0. The molecule has 19 heavy (non-hydrogen) atoms. The highest BCUT2D eigenvalue weighted by atomic mass is 32.1. The van der Waals surface area contributed by atoms with Crippen LogP contribution in [0.15, 0.2) is 5.51 Å². The van der Waals surface area contributed by atoms with Crippen LogP contribution in [0.2, 0.25) is 0 Å². The fourth-order valence-corrected chi connectivity index (χ4v) is 2.57. The van der Waals surface area contributed by atoms with Crippen molar-refractivity contribution < 1.29 is 4.92 Å². The number of rotatable bonds is 5. The SMILES string of the molecule is CCn1nc(C)c([N+](=O)[O-])c1NCc1scnc1C. The van der Waals surface area contributed by atoms with Crippen LogP contribution < -0.4 is 5.32 Å². The van der Waals surface area contributed by atoms with Crippen molar-refractivity contribution in [1.82, 2.24) is 14.8 Å². The minimum absolute atomic E-state index is 0.0454. The summed E-state index contributed by atoms with van der Waals surface area (Å²) in [5, 5.41) is 18.4. The molecule has 102 valence electrons. The fourth-order valence-electron chi connectivity index (χ4n) is 1.85. The van der Waals surface area contributed by atoms with Gasteiger partial charge in [-0.3, -0.25) is 10.1 Å². The van der Waals surface area contributed by atoms with E-state index in [0.29, 0.717) is 24.6 Å². The monoisotopic (exact) mass is 281 g/mol. The van der Waals surface area contributed by atoms with Crippen LogP contribution in [0.5, 0.6) is 0 Å². The lowest BCUT2D eigenvalue weighted by Gasteiger charge is -2.06. The quantitative estimate of drug-likeness (QED) is 0.672. The van der Waals surface area contributed by atoms with Crippen molar-refractivity contribution in [2.75, 3.05) is 5.32 Å². The van der Waals surface area contributed by atoms with Crippen molar-refractivity contribution in [1.29, 1.82) is 0 Å². The normalized spacial score (nSPS) is 10.7. The predicted octanol–water partition coefficient (Wildman–Crippen LogP) is 2.50. The molecule has 0 amide bonds. The van der Waals surface area contributed by atoms with E-state index < -0.39 is 4.92 Å². The highest BCUT2D eigenvalue weighted by molar-refractivity contribution is 7.09. The van der Waals surface area contributed by atoms with Crippen molar-refractivity contribution in [3.05, 3.63) is 31.9 Å². The molecule has 2 rings (SSSR count). The van der Waals surface area contributed by atoms with Gasteiger partial charge in [-0.25, -0.2) is 9.67 Å². The van der Waals surface area contributed by atoms with E-state index in [1.54, 1.807) is 17.1 Å². The van der Waals surface area contributed by atoms with E-state index >= 15 is 0 Å². The molecule has 0 unspecified atom stereocenters. The van der Waals surface area contributed by atoms with Gasteiger partial charge in [0.1, 0.15) is 5.69 Å². The topological polar surface area (TPSA) is 85.9 Å². The summed E-state index contributed by atoms with van der Waals surface area (Å²) in [5.74, 6) is 0.456. The van der Waals surface area contributed by atoms with Gasteiger partial charge < -0.3 is 5.32 Å². The number of aryl methyl sites for hydroxylation is 3. The molecular weight excluding hydrogens is 266 g/mol. The molecule has 0 bridgehead atoms. The van der Waals surface area contributed by atoms with E-state index in [0.717, 1.165) is 10.6 Å². The molecule has 0 aromatic carbocycles. The Bertz CT molecular complexity index is 604. The Hall–Kier alpha value is -1.96. The Balaban J connectivity index is 2.28. The third kappa shape index (κ3) is 2.58. The minimum atomic E-state index is -0.393. The first kappa shape index (κ1) is 13.5. The number of hydrogen-bond acceptors (Lipinski definition) is 6. The molecule has 0 saturated carbocycles. The van der Waals surface area contributed by atoms with Gasteiger partial charge in [0.2, 0.25) is 5.82 Å². The average Bonchev–Trinajstić information content (AvgIpc) is 2.90. The molecule has 0 spiro atoms. The third-order valence-electron chi connectivity index (χ3n) is 2.84. The number of thiazole rings is 1. The molecule has 0 saturated heterocycles. The van der Waals surface area contributed by atoms with E-state index in [-0.39, 0.29) is 5.69 Å². The molecule has 2 aromatic rings. The maximum atomic E-state index is 11.1. The highest BCUT2D eigenvalue weighted by Crippen LogP contribution is 2.29. The van der Waals surface area contributed by atoms with Crippen molar-refractivity contribution >= 4 is 22.8 Å². The van der Waals surface area contributed by atoms with Crippen molar-refractivity contribution in [2.45, 2.75) is 33.9 Å². The lowest BCUT2D eigenvalue weighted by atomic mass is 10.3. The van der Waals surface area contributed by atoms with Crippen LogP contribution in [-0.4, -0.2) is 19.7 Å². The van der Waals surface area contributed by atoms with Crippen molar-refractivity contribution in [2.24, 2.45) is 0 Å². The predicted molar refractivity (Wildman–Crippen MR) is 73.5 cm³/mol. The average molecular weight is 281 g/mol. The summed E-state index contributed by atoms with van der Waals surface area (Å²) >= 11 is 1.53. The number of anilines is 1. The lowest BCUT2D eigenvalue weighted by molar-refractivity contribution is -0.384. The summed E-state index contributed by atoms with van der Waals surface area (Å²) in [6.07, 6.45) is 0. The Morgan fingerprint density at radius 1 is 1.47 bits per heavy atom. The Morgan fingerprint density at radius 3 is 2.74 bits per heavy atom. The molecule has 8 heteroatoms. The van der Waals surface area contributed by atoms with Gasteiger partial charge in [0.05, 0.1) is 22.7 Å². The number of aromatic nitrogens is 3. The molecule has 0 fully saturated rings. The summed E-state index contributed by atoms with van der Waals surface area (Å²) in [6.45, 7) is 6.57. The van der Waals surface area contributed by atoms with E-state index in [2.05, 4.69) is 15.4 Å². The second kappa shape index (κ2) is 5.35. The van der Waals surface area contributed by atoms with Gasteiger partial charge in [0, 0.05) is 11.4 Å². The maximum absolute atomic E-state index is 11.1. The standard InChI is InChI=1S/C11H15N5O2S/c1-4-15-11(10(16(17)18)8(3)14-15)12-5-9-7(2)13-6-19-9/h6,12H,4-5H2,1-3H3.